The van der Waals surface area contributed by atoms with Crippen LogP contribution in [0.15, 0.2) is 24.3 Å². The molecule has 6 heteroatoms. The molecule has 0 aromatic rings. The smallest absolute Gasteiger partial charge is 0.305 e. The molecule has 1 amide bonds. The third-order valence-electron chi connectivity index (χ3n) is 13.2. The molecule has 0 aliphatic heterocycles. The molecule has 2 unspecified atom stereocenters. The molecule has 0 aromatic carbocycles. The van der Waals surface area contributed by atoms with Crippen LogP contribution in [0, 0.1) is 0 Å². The Morgan fingerprint density at radius 1 is 0.422 bits per heavy atom. The highest BCUT2D eigenvalue weighted by Gasteiger charge is 2.18. The zero-order valence-electron chi connectivity index (χ0n) is 43.0. The second kappa shape index (κ2) is 54.0. The highest BCUT2D eigenvalue weighted by molar-refractivity contribution is 5.76. The normalized spacial score (nSPS) is 12.8. The van der Waals surface area contributed by atoms with E-state index < -0.39 is 12.1 Å². The first-order valence-electron chi connectivity index (χ1n) is 28.6. The van der Waals surface area contributed by atoms with E-state index in [1.54, 1.807) is 6.08 Å². The zero-order valence-corrected chi connectivity index (χ0v) is 43.0. The lowest BCUT2D eigenvalue weighted by Gasteiger charge is -2.20. The SMILES string of the molecule is CCCCCC/C=C\CCCCCCCC(=O)OCCCCCCCCCCCCCCCCCCCCCCCC(=O)NC(CO)C(O)/C=C/CCCCCCCCCCCCC. The van der Waals surface area contributed by atoms with Crippen LogP contribution in [0.3, 0.4) is 0 Å². The summed E-state index contributed by atoms with van der Waals surface area (Å²) < 4.78 is 5.47. The molecular formula is C58H111NO5. The van der Waals surface area contributed by atoms with Crippen LogP contribution < -0.4 is 5.32 Å². The molecule has 0 heterocycles. The van der Waals surface area contributed by atoms with Gasteiger partial charge in [-0.05, 0) is 57.8 Å². The number of amides is 1. The maximum atomic E-state index is 12.4. The number of allylic oxidation sites excluding steroid dienone is 3. The van der Waals surface area contributed by atoms with Crippen LogP contribution in [-0.2, 0) is 14.3 Å². The summed E-state index contributed by atoms with van der Waals surface area (Å²) in [6, 6.07) is -0.627. The summed E-state index contributed by atoms with van der Waals surface area (Å²) in [5.74, 6) is -0.0667. The summed E-state index contributed by atoms with van der Waals surface area (Å²) in [5.41, 5.74) is 0. The molecule has 2 atom stereocenters. The fourth-order valence-electron chi connectivity index (χ4n) is 8.81. The maximum Gasteiger partial charge on any atom is 0.305 e. The third-order valence-corrected chi connectivity index (χ3v) is 13.2. The van der Waals surface area contributed by atoms with Gasteiger partial charge in [-0.1, -0.05) is 263 Å². The van der Waals surface area contributed by atoms with Crippen molar-refractivity contribution in [2.45, 2.75) is 321 Å². The second-order valence-electron chi connectivity index (χ2n) is 19.6. The van der Waals surface area contributed by atoms with Gasteiger partial charge in [-0.3, -0.25) is 9.59 Å². The predicted octanol–water partition coefficient (Wildman–Crippen LogP) is 17.5. The number of esters is 1. The average molecular weight is 903 g/mol. The van der Waals surface area contributed by atoms with Crippen molar-refractivity contribution >= 4 is 11.9 Å². The Bertz CT molecular complexity index is 997. The van der Waals surface area contributed by atoms with Gasteiger partial charge in [0, 0.05) is 12.8 Å². The van der Waals surface area contributed by atoms with E-state index in [1.165, 1.54) is 238 Å². The summed E-state index contributed by atoms with van der Waals surface area (Å²) >= 11 is 0. The number of aliphatic hydroxyl groups excluding tert-OH is 2. The number of hydrogen-bond acceptors (Lipinski definition) is 5. The van der Waals surface area contributed by atoms with E-state index in [0.29, 0.717) is 19.4 Å². The molecule has 0 fully saturated rings. The lowest BCUT2D eigenvalue weighted by molar-refractivity contribution is -0.143. The first kappa shape index (κ1) is 62.3. The number of rotatable bonds is 53. The number of nitrogens with one attached hydrogen (secondary N) is 1. The van der Waals surface area contributed by atoms with Gasteiger partial charge in [0.2, 0.25) is 5.91 Å². The minimum atomic E-state index is -0.844. The van der Waals surface area contributed by atoms with Gasteiger partial charge in [0.1, 0.15) is 0 Å². The summed E-state index contributed by atoms with van der Waals surface area (Å²) in [5, 5.41) is 23.1. The second-order valence-corrected chi connectivity index (χ2v) is 19.6. The standard InChI is InChI=1S/C58H111NO5/c1-3-5-7-9-11-13-15-26-30-34-38-42-46-50-56(61)55(54-60)59-57(62)51-47-43-39-35-31-28-24-22-20-18-17-19-21-23-25-29-33-37-41-45-49-53-64-58(63)52-48-44-40-36-32-27-16-14-12-10-8-6-4-2/h14,16,46,50,55-56,60-61H,3-13,15,17-45,47-49,51-54H2,1-2H3,(H,59,62)/b16-14-,50-46+. The van der Waals surface area contributed by atoms with Crippen molar-refractivity contribution in [2.24, 2.45) is 0 Å². The van der Waals surface area contributed by atoms with Gasteiger partial charge in [0.05, 0.1) is 25.4 Å². The largest absolute Gasteiger partial charge is 0.466 e. The van der Waals surface area contributed by atoms with Crippen molar-refractivity contribution in [1.82, 2.24) is 5.32 Å². The van der Waals surface area contributed by atoms with Crippen LogP contribution in [0.2, 0.25) is 0 Å². The van der Waals surface area contributed by atoms with Gasteiger partial charge < -0.3 is 20.3 Å². The van der Waals surface area contributed by atoms with Gasteiger partial charge >= 0.3 is 5.97 Å². The zero-order chi connectivity index (χ0) is 46.5. The quantitative estimate of drug-likeness (QED) is 0.0321. The first-order valence-corrected chi connectivity index (χ1v) is 28.6. The van der Waals surface area contributed by atoms with Crippen LogP contribution in [-0.4, -0.2) is 47.4 Å². The lowest BCUT2D eigenvalue weighted by Crippen LogP contribution is -2.45. The summed E-state index contributed by atoms with van der Waals surface area (Å²) in [4.78, 5) is 24.4. The van der Waals surface area contributed by atoms with E-state index >= 15 is 0 Å². The predicted molar refractivity (Wildman–Crippen MR) is 278 cm³/mol. The monoisotopic (exact) mass is 902 g/mol. The Kier molecular flexibility index (Phi) is 52.6. The van der Waals surface area contributed by atoms with Crippen molar-refractivity contribution in [3.63, 3.8) is 0 Å². The number of carbonyl (C=O) groups is 2. The molecular weight excluding hydrogens is 791 g/mol. The number of hydrogen-bond donors (Lipinski definition) is 3. The summed E-state index contributed by atoms with van der Waals surface area (Å²) in [6.45, 7) is 4.89. The maximum absolute atomic E-state index is 12.4. The van der Waals surface area contributed by atoms with E-state index in [9.17, 15) is 19.8 Å². The molecule has 0 bridgehead atoms. The van der Waals surface area contributed by atoms with Crippen molar-refractivity contribution < 1.29 is 24.5 Å². The Balaban J connectivity index is 3.40. The molecule has 64 heavy (non-hydrogen) atoms. The summed E-state index contributed by atoms with van der Waals surface area (Å²) in [7, 11) is 0. The van der Waals surface area contributed by atoms with Crippen molar-refractivity contribution in [3.05, 3.63) is 24.3 Å². The fraction of sp³-hybridized carbons (Fsp3) is 0.897. The number of carbonyl (C=O) groups excluding carboxylic acids is 2. The van der Waals surface area contributed by atoms with E-state index in [4.69, 9.17) is 4.74 Å². The molecule has 378 valence electrons. The molecule has 0 saturated heterocycles. The van der Waals surface area contributed by atoms with Gasteiger partial charge in [-0.2, -0.15) is 0 Å². The van der Waals surface area contributed by atoms with Gasteiger partial charge in [-0.25, -0.2) is 0 Å². The van der Waals surface area contributed by atoms with E-state index in [2.05, 4.69) is 31.3 Å². The number of unbranched alkanes of at least 4 members (excludes halogenated alkanes) is 40. The summed E-state index contributed by atoms with van der Waals surface area (Å²) in [6.07, 6.45) is 64.8. The molecule has 6 nitrogen and oxygen atoms in total. The van der Waals surface area contributed by atoms with Crippen molar-refractivity contribution in [1.29, 1.82) is 0 Å². The van der Waals surface area contributed by atoms with Gasteiger partial charge in [0.15, 0.2) is 0 Å². The van der Waals surface area contributed by atoms with Crippen LogP contribution in [0.25, 0.3) is 0 Å². The topological polar surface area (TPSA) is 95.9 Å². The molecule has 0 aliphatic carbocycles. The molecule has 0 saturated carbocycles. The van der Waals surface area contributed by atoms with Gasteiger partial charge in [0.25, 0.3) is 0 Å². The Labute approximate surface area is 399 Å². The molecule has 0 spiro atoms. The van der Waals surface area contributed by atoms with E-state index in [-0.39, 0.29) is 18.5 Å². The Hall–Kier alpha value is -1.66. The Morgan fingerprint density at radius 3 is 1.12 bits per heavy atom. The lowest BCUT2D eigenvalue weighted by atomic mass is 10.0. The molecule has 0 aliphatic rings. The number of aliphatic hydroxyl groups is 2. The van der Waals surface area contributed by atoms with E-state index in [0.717, 1.165) is 44.9 Å². The van der Waals surface area contributed by atoms with Gasteiger partial charge in [-0.15, -0.1) is 0 Å². The molecule has 0 rings (SSSR count). The minimum absolute atomic E-state index is 0.00205. The van der Waals surface area contributed by atoms with Crippen LogP contribution >= 0.6 is 0 Å². The van der Waals surface area contributed by atoms with Crippen LogP contribution in [0.1, 0.15) is 309 Å². The van der Waals surface area contributed by atoms with Crippen LogP contribution in [0.4, 0.5) is 0 Å². The first-order chi connectivity index (χ1) is 31.5. The highest BCUT2D eigenvalue weighted by Crippen LogP contribution is 2.17. The van der Waals surface area contributed by atoms with Crippen molar-refractivity contribution in [3.8, 4) is 0 Å². The fourth-order valence-corrected chi connectivity index (χ4v) is 8.81. The van der Waals surface area contributed by atoms with Crippen molar-refractivity contribution in [2.75, 3.05) is 13.2 Å². The van der Waals surface area contributed by atoms with E-state index in [1.807, 2.05) is 6.08 Å². The molecule has 3 N–H and O–H groups in total. The molecule has 0 radical (unpaired) electrons. The average Bonchev–Trinajstić information content (AvgIpc) is 3.29. The third kappa shape index (κ3) is 49.8. The number of ether oxygens (including phenoxy) is 1. The highest BCUT2D eigenvalue weighted by atomic mass is 16.5. The van der Waals surface area contributed by atoms with Crippen LogP contribution in [0.5, 0.6) is 0 Å². The molecule has 0 aromatic heterocycles. The Morgan fingerprint density at radius 2 is 0.734 bits per heavy atom. The minimum Gasteiger partial charge on any atom is -0.466 e.